The average molecular weight is 331 g/mol. The van der Waals surface area contributed by atoms with Crippen molar-refractivity contribution in [1.82, 2.24) is 4.72 Å². The lowest BCUT2D eigenvalue weighted by Gasteiger charge is -2.22. The highest BCUT2D eigenvalue weighted by Crippen LogP contribution is 2.27. The van der Waals surface area contributed by atoms with E-state index in [1.165, 1.54) is 12.1 Å². The molecule has 1 aromatic rings. The third kappa shape index (κ3) is 3.86. The molecule has 0 unspecified atom stereocenters. The molecule has 9 heteroatoms. The lowest BCUT2D eigenvalue weighted by atomic mass is 10.2. The van der Waals surface area contributed by atoms with Crippen LogP contribution in [0.15, 0.2) is 23.1 Å². The number of sulfonamides is 1. The van der Waals surface area contributed by atoms with Gasteiger partial charge in [0.15, 0.2) is 0 Å². The summed E-state index contributed by atoms with van der Waals surface area (Å²) in [5, 5.41) is 13.7. The van der Waals surface area contributed by atoms with E-state index in [0.717, 1.165) is 30.4 Å². The molecule has 1 aliphatic heterocycles. The molecule has 116 valence electrons. The van der Waals surface area contributed by atoms with Gasteiger partial charge in [-0.2, -0.15) is 11.8 Å². The summed E-state index contributed by atoms with van der Waals surface area (Å²) in [4.78, 5) is 10.3. The van der Waals surface area contributed by atoms with Gasteiger partial charge in [-0.1, -0.05) is 0 Å². The number of nitrogens with one attached hydrogen (secondary N) is 2. The molecule has 0 aliphatic carbocycles. The first-order valence-corrected chi connectivity index (χ1v) is 9.14. The molecular formula is C12H17N3O4S2. The second kappa shape index (κ2) is 6.63. The zero-order valence-corrected chi connectivity index (χ0v) is 13.2. The number of benzene rings is 1. The van der Waals surface area contributed by atoms with E-state index in [9.17, 15) is 18.5 Å². The molecule has 0 spiro atoms. The number of hydrogen-bond donors (Lipinski definition) is 2. The Balaban J connectivity index is 2.27. The van der Waals surface area contributed by atoms with Crippen LogP contribution in [0.25, 0.3) is 0 Å². The predicted molar refractivity (Wildman–Crippen MR) is 83.3 cm³/mol. The quantitative estimate of drug-likeness (QED) is 0.630. The monoisotopic (exact) mass is 331 g/mol. The minimum atomic E-state index is -3.73. The Morgan fingerprint density at radius 2 is 2.00 bits per heavy atom. The van der Waals surface area contributed by atoms with Crippen LogP contribution in [0.5, 0.6) is 0 Å². The van der Waals surface area contributed by atoms with E-state index < -0.39 is 14.9 Å². The maximum atomic E-state index is 12.3. The molecule has 0 aromatic heterocycles. The summed E-state index contributed by atoms with van der Waals surface area (Å²) in [5.41, 5.74) is 0.0348. The first-order chi connectivity index (χ1) is 9.94. The second-order valence-corrected chi connectivity index (χ2v) is 7.63. The minimum Gasteiger partial charge on any atom is -0.383 e. The molecule has 21 heavy (non-hydrogen) atoms. The molecule has 1 heterocycles. The van der Waals surface area contributed by atoms with Crippen LogP contribution in [0.4, 0.5) is 11.4 Å². The van der Waals surface area contributed by atoms with Gasteiger partial charge in [-0.3, -0.25) is 10.1 Å². The average Bonchev–Trinajstić information content (AvgIpc) is 2.47. The van der Waals surface area contributed by atoms with Gasteiger partial charge in [0.25, 0.3) is 5.69 Å². The van der Waals surface area contributed by atoms with E-state index in [1.807, 2.05) is 0 Å². The highest BCUT2D eigenvalue weighted by molar-refractivity contribution is 7.99. The Morgan fingerprint density at radius 3 is 2.57 bits per heavy atom. The maximum Gasteiger partial charge on any atom is 0.293 e. The van der Waals surface area contributed by atoms with Crippen molar-refractivity contribution in [1.29, 1.82) is 0 Å². The summed E-state index contributed by atoms with van der Waals surface area (Å²) >= 11 is 1.80. The molecule has 0 radical (unpaired) electrons. The summed E-state index contributed by atoms with van der Waals surface area (Å²) in [6.07, 6.45) is 1.56. The summed E-state index contributed by atoms with van der Waals surface area (Å²) in [7, 11) is -2.18. The van der Waals surface area contributed by atoms with Crippen molar-refractivity contribution < 1.29 is 13.3 Å². The van der Waals surface area contributed by atoms with E-state index >= 15 is 0 Å². The van der Waals surface area contributed by atoms with Gasteiger partial charge < -0.3 is 5.32 Å². The number of nitro groups is 1. The molecule has 0 saturated carbocycles. The number of rotatable bonds is 5. The topological polar surface area (TPSA) is 101 Å². The Bertz CT molecular complexity index is 627. The molecule has 7 nitrogen and oxygen atoms in total. The van der Waals surface area contributed by atoms with Gasteiger partial charge in [-0.15, -0.1) is 0 Å². The molecule has 2 rings (SSSR count). The minimum absolute atomic E-state index is 0.0774. The van der Waals surface area contributed by atoms with E-state index in [-0.39, 0.29) is 22.3 Å². The van der Waals surface area contributed by atoms with Crippen LogP contribution in [0.3, 0.4) is 0 Å². The molecule has 1 aromatic carbocycles. The Hall–Kier alpha value is -1.32. The standard InChI is InChI=1S/C12H17N3O4S2/c1-13-11-3-2-10(8-12(11)15(16)17)21(18,19)14-9-4-6-20-7-5-9/h2-3,8-9,13-14H,4-7H2,1H3. The van der Waals surface area contributed by atoms with Crippen molar-refractivity contribution >= 4 is 33.2 Å². The zero-order chi connectivity index (χ0) is 15.5. The molecule has 0 bridgehead atoms. The van der Waals surface area contributed by atoms with Crippen molar-refractivity contribution in [2.45, 2.75) is 23.8 Å². The third-order valence-electron chi connectivity index (χ3n) is 3.29. The van der Waals surface area contributed by atoms with Crippen LogP contribution in [0, 0.1) is 10.1 Å². The lowest BCUT2D eigenvalue weighted by Crippen LogP contribution is -2.37. The number of thioether (sulfide) groups is 1. The molecule has 2 N–H and O–H groups in total. The van der Waals surface area contributed by atoms with Crippen molar-refractivity contribution in [3.63, 3.8) is 0 Å². The van der Waals surface area contributed by atoms with Crippen LogP contribution in [-0.4, -0.2) is 37.9 Å². The van der Waals surface area contributed by atoms with Crippen LogP contribution >= 0.6 is 11.8 Å². The molecular weight excluding hydrogens is 314 g/mol. The Kier molecular flexibility index (Phi) is 5.07. The smallest absolute Gasteiger partial charge is 0.293 e. The normalized spacial score (nSPS) is 16.6. The van der Waals surface area contributed by atoms with Crippen molar-refractivity contribution in [3.8, 4) is 0 Å². The van der Waals surface area contributed by atoms with Crippen molar-refractivity contribution in [3.05, 3.63) is 28.3 Å². The van der Waals surface area contributed by atoms with E-state index in [2.05, 4.69) is 10.0 Å². The number of nitro benzene ring substituents is 1. The van der Waals surface area contributed by atoms with Gasteiger partial charge in [0, 0.05) is 19.2 Å². The SMILES string of the molecule is CNc1ccc(S(=O)(=O)NC2CCSCC2)cc1[N+](=O)[O-]. The van der Waals surface area contributed by atoms with Gasteiger partial charge in [-0.25, -0.2) is 13.1 Å². The van der Waals surface area contributed by atoms with Crippen molar-refractivity contribution in [2.75, 3.05) is 23.9 Å². The lowest BCUT2D eigenvalue weighted by molar-refractivity contribution is -0.384. The fourth-order valence-electron chi connectivity index (χ4n) is 2.14. The summed E-state index contributed by atoms with van der Waals surface area (Å²) in [5.74, 6) is 1.85. The van der Waals surface area contributed by atoms with Gasteiger partial charge in [-0.05, 0) is 36.5 Å². The predicted octanol–water partition coefficient (Wildman–Crippen LogP) is 1.81. The first kappa shape index (κ1) is 16.1. The van der Waals surface area contributed by atoms with Crippen molar-refractivity contribution in [2.24, 2.45) is 0 Å². The Morgan fingerprint density at radius 1 is 1.33 bits per heavy atom. The highest BCUT2D eigenvalue weighted by Gasteiger charge is 2.24. The second-order valence-electron chi connectivity index (χ2n) is 4.69. The van der Waals surface area contributed by atoms with Crippen LogP contribution in [0.1, 0.15) is 12.8 Å². The van der Waals surface area contributed by atoms with E-state index in [0.29, 0.717) is 0 Å². The van der Waals surface area contributed by atoms with E-state index in [4.69, 9.17) is 0 Å². The summed E-state index contributed by atoms with van der Waals surface area (Å²) in [6, 6.07) is 3.77. The summed E-state index contributed by atoms with van der Waals surface area (Å²) in [6.45, 7) is 0. The third-order valence-corrected chi connectivity index (χ3v) is 5.86. The maximum absolute atomic E-state index is 12.3. The number of hydrogen-bond acceptors (Lipinski definition) is 6. The largest absolute Gasteiger partial charge is 0.383 e. The van der Waals surface area contributed by atoms with E-state index in [1.54, 1.807) is 18.8 Å². The zero-order valence-electron chi connectivity index (χ0n) is 11.5. The summed E-state index contributed by atoms with van der Waals surface area (Å²) < 4.78 is 27.3. The van der Waals surface area contributed by atoms with Crippen LogP contribution < -0.4 is 10.0 Å². The molecule has 1 saturated heterocycles. The molecule has 0 amide bonds. The molecule has 1 aliphatic rings. The first-order valence-electron chi connectivity index (χ1n) is 6.50. The van der Waals surface area contributed by atoms with Gasteiger partial charge in [0.1, 0.15) is 5.69 Å². The highest BCUT2D eigenvalue weighted by atomic mass is 32.2. The van der Waals surface area contributed by atoms with Crippen LogP contribution in [0.2, 0.25) is 0 Å². The van der Waals surface area contributed by atoms with Gasteiger partial charge >= 0.3 is 0 Å². The van der Waals surface area contributed by atoms with Crippen LogP contribution in [-0.2, 0) is 10.0 Å². The number of nitrogens with zero attached hydrogens (tertiary/aromatic N) is 1. The van der Waals surface area contributed by atoms with Gasteiger partial charge in [0.2, 0.25) is 10.0 Å². The molecule has 0 atom stereocenters. The van der Waals surface area contributed by atoms with Gasteiger partial charge in [0.05, 0.1) is 9.82 Å². The fraction of sp³-hybridized carbons (Fsp3) is 0.500. The Labute approximate surface area is 127 Å². The number of anilines is 1. The molecule has 1 fully saturated rings. The fourth-order valence-corrected chi connectivity index (χ4v) is 4.58.